The van der Waals surface area contributed by atoms with Crippen LogP contribution in [-0.2, 0) is 9.53 Å². The lowest BCUT2D eigenvalue weighted by Gasteiger charge is -2.50. The van der Waals surface area contributed by atoms with Crippen molar-refractivity contribution in [2.45, 2.75) is 162 Å². The fourth-order valence-corrected chi connectivity index (χ4v) is 6.14. The zero-order chi connectivity index (χ0) is 28.9. The van der Waals surface area contributed by atoms with Gasteiger partial charge in [0.25, 0.3) is 0 Å². The highest BCUT2D eigenvalue weighted by Crippen LogP contribution is 2.49. The van der Waals surface area contributed by atoms with Crippen LogP contribution >= 0.6 is 0 Å². The van der Waals surface area contributed by atoms with Gasteiger partial charge in [0.1, 0.15) is 5.60 Å². The average molecular weight is 539 g/mol. The van der Waals surface area contributed by atoms with Crippen LogP contribution in [0.15, 0.2) is 51.8 Å². The number of carboxylic acids is 1. The van der Waals surface area contributed by atoms with Gasteiger partial charge in [-0.25, -0.2) is 0 Å². The van der Waals surface area contributed by atoms with Crippen molar-refractivity contribution in [3.8, 4) is 0 Å². The lowest BCUT2D eigenvalue weighted by Crippen LogP contribution is -2.50. The van der Waals surface area contributed by atoms with Gasteiger partial charge < -0.3 is 9.84 Å². The molecule has 3 nitrogen and oxygen atoms in total. The molecule has 1 saturated heterocycles. The number of allylic oxidation sites excluding steroid dienone is 5. The Bertz CT molecular complexity index is 958. The molecule has 0 spiro atoms. The van der Waals surface area contributed by atoms with E-state index in [9.17, 15) is 4.79 Å². The van der Waals surface area contributed by atoms with E-state index in [-0.39, 0.29) is 17.1 Å². The number of ether oxygens (including phenoxy) is 1. The second kappa shape index (κ2) is 16.4. The molecular weight excluding hydrogens is 480 g/mol. The number of hydrogen-bond donors (Lipinski definition) is 1. The normalized spacial score (nSPS) is 24.5. The van der Waals surface area contributed by atoms with Crippen LogP contribution in [-0.4, -0.2) is 22.3 Å². The molecule has 0 radical (unpaired) electrons. The highest BCUT2D eigenvalue weighted by Gasteiger charge is 2.48. The first kappa shape index (κ1) is 33.4. The summed E-state index contributed by atoms with van der Waals surface area (Å²) in [4.78, 5) is 11.0. The summed E-state index contributed by atoms with van der Waals surface area (Å²) in [5.74, 6) is -0.961. The first-order valence-electron chi connectivity index (χ1n) is 15.9. The van der Waals surface area contributed by atoms with Crippen LogP contribution in [0.5, 0.6) is 0 Å². The molecule has 1 N–H and O–H groups in total. The highest BCUT2D eigenvalue weighted by molar-refractivity contribution is 5.69. The molecule has 0 saturated carbocycles. The Morgan fingerprint density at radius 3 is 2.33 bits per heavy atom. The van der Waals surface area contributed by atoms with E-state index in [1.54, 1.807) is 6.92 Å². The van der Waals surface area contributed by atoms with Gasteiger partial charge in [-0.3, -0.25) is 4.79 Å². The summed E-state index contributed by atoms with van der Waals surface area (Å²) < 4.78 is 7.19. The SMILES string of the molecule is CCCCCCCCC12OC(C)(CCC=C(C)CCCC(C)=CCCC(C)C(=O)O)CCC1=C=CC(C)=C2C. The third-order valence-electron chi connectivity index (χ3n) is 9.18. The van der Waals surface area contributed by atoms with Crippen LogP contribution in [0.1, 0.15) is 151 Å². The van der Waals surface area contributed by atoms with Gasteiger partial charge in [0.05, 0.1) is 11.5 Å². The monoisotopic (exact) mass is 538 g/mol. The van der Waals surface area contributed by atoms with Crippen molar-refractivity contribution in [2.24, 2.45) is 5.92 Å². The Kier molecular flexibility index (Phi) is 14.1. The standard InChI is InChI=1S/C36H58O3/c1-8-9-10-11-12-13-26-36-32(6)30(4)22-23-33(36)24-27-35(7,39-36)25-16-20-29(3)18-14-17-28(2)19-15-21-31(5)34(37)38/h19-20,22,31H,8-18,21,24-27H2,1-7H3,(H,37,38). The molecule has 1 fully saturated rings. The summed E-state index contributed by atoms with van der Waals surface area (Å²) in [6.07, 6.45) is 25.0. The first-order valence-corrected chi connectivity index (χ1v) is 15.9. The number of unbranched alkanes of at least 4 members (excludes halogenated alkanes) is 5. The predicted octanol–water partition coefficient (Wildman–Crippen LogP) is 10.8. The predicted molar refractivity (Wildman–Crippen MR) is 166 cm³/mol. The van der Waals surface area contributed by atoms with E-state index in [0.717, 1.165) is 64.2 Å². The van der Waals surface area contributed by atoms with Gasteiger partial charge in [0.2, 0.25) is 0 Å². The van der Waals surface area contributed by atoms with Crippen molar-refractivity contribution in [3.05, 3.63) is 51.8 Å². The zero-order valence-corrected chi connectivity index (χ0v) is 26.4. The van der Waals surface area contributed by atoms with Gasteiger partial charge >= 0.3 is 5.97 Å². The van der Waals surface area contributed by atoms with Crippen molar-refractivity contribution >= 4 is 5.97 Å². The minimum absolute atomic E-state index is 0.102. The maximum absolute atomic E-state index is 11.0. The average Bonchev–Trinajstić information content (AvgIpc) is 2.88. The fourth-order valence-electron chi connectivity index (χ4n) is 6.14. The van der Waals surface area contributed by atoms with E-state index in [1.807, 2.05) is 0 Å². The molecule has 0 aromatic carbocycles. The van der Waals surface area contributed by atoms with E-state index in [4.69, 9.17) is 9.84 Å². The molecule has 3 unspecified atom stereocenters. The lowest BCUT2D eigenvalue weighted by molar-refractivity contribution is -0.143. The molecule has 0 aromatic rings. The van der Waals surface area contributed by atoms with E-state index in [2.05, 4.69) is 65.5 Å². The van der Waals surface area contributed by atoms with E-state index >= 15 is 0 Å². The smallest absolute Gasteiger partial charge is 0.306 e. The van der Waals surface area contributed by atoms with E-state index in [1.165, 1.54) is 66.4 Å². The Morgan fingerprint density at radius 2 is 1.67 bits per heavy atom. The molecule has 2 rings (SSSR count). The van der Waals surface area contributed by atoms with Gasteiger partial charge in [0, 0.05) is 5.57 Å². The molecule has 3 atom stereocenters. The Balaban J connectivity index is 1.88. The maximum Gasteiger partial charge on any atom is 0.306 e. The molecule has 220 valence electrons. The largest absolute Gasteiger partial charge is 0.481 e. The molecule has 0 aromatic heterocycles. The quantitative estimate of drug-likeness (QED) is 0.107. The van der Waals surface area contributed by atoms with Crippen LogP contribution in [0, 0.1) is 5.92 Å². The van der Waals surface area contributed by atoms with Crippen LogP contribution in [0.4, 0.5) is 0 Å². The molecule has 1 aliphatic heterocycles. The third kappa shape index (κ3) is 10.6. The summed E-state index contributed by atoms with van der Waals surface area (Å²) in [6, 6.07) is 0. The second-order valence-corrected chi connectivity index (χ2v) is 12.8. The minimum atomic E-state index is -0.698. The number of aliphatic carboxylic acids is 1. The third-order valence-corrected chi connectivity index (χ3v) is 9.18. The van der Waals surface area contributed by atoms with E-state index in [0.29, 0.717) is 0 Å². The first-order chi connectivity index (χ1) is 18.5. The topological polar surface area (TPSA) is 46.5 Å². The zero-order valence-electron chi connectivity index (χ0n) is 26.4. The molecule has 0 bridgehead atoms. The number of carbonyl (C=O) groups is 1. The maximum atomic E-state index is 11.0. The number of fused-ring (bicyclic) bond motifs is 1. The molecule has 39 heavy (non-hydrogen) atoms. The van der Waals surface area contributed by atoms with Crippen LogP contribution < -0.4 is 0 Å². The second-order valence-electron chi connectivity index (χ2n) is 12.8. The van der Waals surface area contributed by atoms with Crippen LogP contribution in [0.2, 0.25) is 0 Å². The summed E-state index contributed by atoms with van der Waals surface area (Å²) in [5.41, 5.74) is 10.2. The van der Waals surface area contributed by atoms with Crippen molar-refractivity contribution in [1.29, 1.82) is 0 Å². The van der Waals surface area contributed by atoms with Crippen molar-refractivity contribution < 1.29 is 14.6 Å². The highest BCUT2D eigenvalue weighted by atomic mass is 16.5. The lowest BCUT2D eigenvalue weighted by atomic mass is 9.71. The Morgan fingerprint density at radius 1 is 1.03 bits per heavy atom. The minimum Gasteiger partial charge on any atom is -0.481 e. The molecule has 3 heteroatoms. The number of rotatable bonds is 18. The van der Waals surface area contributed by atoms with Gasteiger partial charge in [-0.2, -0.15) is 0 Å². The van der Waals surface area contributed by atoms with Gasteiger partial charge in [0.15, 0.2) is 0 Å². The molecule has 1 heterocycles. The van der Waals surface area contributed by atoms with Crippen molar-refractivity contribution in [2.75, 3.05) is 0 Å². The van der Waals surface area contributed by atoms with Gasteiger partial charge in [-0.05, 0) is 122 Å². The van der Waals surface area contributed by atoms with E-state index < -0.39 is 5.97 Å². The van der Waals surface area contributed by atoms with Crippen LogP contribution in [0.25, 0.3) is 0 Å². The molecular formula is C36H58O3. The molecule has 1 aliphatic carbocycles. The number of hydrogen-bond acceptors (Lipinski definition) is 2. The Hall–Kier alpha value is -1.83. The molecule has 2 aliphatic rings. The van der Waals surface area contributed by atoms with Gasteiger partial charge in [-0.1, -0.05) is 69.2 Å². The van der Waals surface area contributed by atoms with Crippen molar-refractivity contribution in [1.82, 2.24) is 0 Å². The van der Waals surface area contributed by atoms with Crippen molar-refractivity contribution in [3.63, 3.8) is 0 Å². The summed E-state index contributed by atoms with van der Waals surface area (Å²) in [5, 5.41) is 9.03. The summed E-state index contributed by atoms with van der Waals surface area (Å²) >= 11 is 0. The summed E-state index contributed by atoms with van der Waals surface area (Å²) in [7, 11) is 0. The summed E-state index contributed by atoms with van der Waals surface area (Å²) in [6.45, 7) is 15.4. The van der Waals surface area contributed by atoms with Gasteiger partial charge in [-0.15, -0.1) is 5.73 Å². The fraction of sp³-hybridized carbons (Fsp3) is 0.722. The Labute approximate surface area is 240 Å². The number of carboxylic acid groups (broad SMARTS) is 1. The van der Waals surface area contributed by atoms with Crippen LogP contribution in [0.3, 0.4) is 0 Å². The molecule has 0 amide bonds.